The number of aryl methyl sites for hydroxylation is 1. The lowest BCUT2D eigenvalue weighted by molar-refractivity contribution is 0.154. The standard InChI is InChI=1S/C28H30N4O2S/c1-20-29-32(28(35)31(20)18-21-10-6-4-7-11-21)19-30-15-14-23-16-25(33-2)26(34-3)17-24(23)27(30)22-12-8-5-9-13-22/h4-13,16-17,27H,14-15,18-19H2,1-3H3. The van der Waals surface area contributed by atoms with Gasteiger partial charge in [0, 0.05) is 6.54 Å². The SMILES string of the molecule is COc1cc2c(cc1OC)C(c1ccccc1)N(Cn1nc(C)n(Cc3ccccc3)c1=S)CC2. The van der Waals surface area contributed by atoms with Crippen LogP contribution in [0.5, 0.6) is 11.5 Å². The molecule has 1 atom stereocenters. The van der Waals surface area contributed by atoms with Crippen molar-refractivity contribution in [2.75, 3.05) is 20.8 Å². The van der Waals surface area contributed by atoms with Crippen molar-refractivity contribution in [3.05, 3.63) is 106 Å². The summed E-state index contributed by atoms with van der Waals surface area (Å²) >= 11 is 5.89. The summed E-state index contributed by atoms with van der Waals surface area (Å²) in [4.78, 5) is 2.44. The van der Waals surface area contributed by atoms with Crippen LogP contribution in [0.15, 0.2) is 72.8 Å². The van der Waals surface area contributed by atoms with Crippen molar-refractivity contribution in [1.82, 2.24) is 19.2 Å². The van der Waals surface area contributed by atoms with Crippen molar-refractivity contribution in [1.29, 1.82) is 0 Å². The number of nitrogens with zero attached hydrogens (tertiary/aromatic N) is 4. The first-order valence-electron chi connectivity index (χ1n) is 11.8. The van der Waals surface area contributed by atoms with Gasteiger partial charge in [0.25, 0.3) is 0 Å². The molecule has 6 nitrogen and oxygen atoms in total. The molecule has 0 aliphatic carbocycles. The Hall–Kier alpha value is -3.42. The van der Waals surface area contributed by atoms with Gasteiger partial charge in [-0.15, -0.1) is 0 Å². The molecular formula is C28H30N4O2S. The predicted molar refractivity (Wildman–Crippen MR) is 140 cm³/mol. The van der Waals surface area contributed by atoms with Crippen molar-refractivity contribution in [3.63, 3.8) is 0 Å². The van der Waals surface area contributed by atoms with E-state index in [1.807, 2.05) is 17.7 Å². The minimum Gasteiger partial charge on any atom is -0.493 e. The van der Waals surface area contributed by atoms with Gasteiger partial charge >= 0.3 is 0 Å². The molecule has 1 aliphatic heterocycles. The number of aromatic nitrogens is 3. The minimum atomic E-state index is 0.0567. The second-order valence-electron chi connectivity index (χ2n) is 8.82. The highest BCUT2D eigenvalue weighted by molar-refractivity contribution is 7.71. The number of rotatable bonds is 7. The Morgan fingerprint density at radius 2 is 1.60 bits per heavy atom. The summed E-state index contributed by atoms with van der Waals surface area (Å²) < 4.78 is 16.0. The number of fused-ring (bicyclic) bond motifs is 1. The molecule has 3 aromatic carbocycles. The fraction of sp³-hybridized carbons (Fsp3) is 0.286. The molecule has 0 radical (unpaired) electrons. The van der Waals surface area contributed by atoms with Crippen molar-refractivity contribution in [2.24, 2.45) is 0 Å². The van der Waals surface area contributed by atoms with E-state index in [9.17, 15) is 0 Å². The number of benzene rings is 3. The Labute approximate surface area is 211 Å². The van der Waals surface area contributed by atoms with E-state index >= 15 is 0 Å². The summed E-state index contributed by atoms with van der Waals surface area (Å²) in [6, 6.07) is 25.3. The van der Waals surface area contributed by atoms with Crippen molar-refractivity contribution in [2.45, 2.75) is 32.6 Å². The van der Waals surface area contributed by atoms with Crippen LogP contribution in [-0.4, -0.2) is 40.0 Å². The summed E-state index contributed by atoms with van der Waals surface area (Å²) in [6.45, 7) is 4.23. The molecule has 0 saturated heterocycles. The van der Waals surface area contributed by atoms with E-state index in [1.165, 1.54) is 22.3 Å². The molecule has 180 valence electrons. The Kier molecular flexibility index (Phi) is 6.70. The molecule has 1 unspecified atom stereocenters. The second kappa shape index (κ2) is 10.1. The maximum Gasteiger partial charge on any atom is 0.199 e. The molecule has 2 heterocycles. The Bertz CT molecular complexity index is 1370. The monoisotopic (exact) mass is 486 g/mol. The molecule has 5 rings (SSSR count). The van der Waals surface area contributed by atoms with Gasteiger partial charge in [0.1, 0.15) is 5.82 Å². The fourth-order valence-electron chi connectivity index (χ4n) is 4.94. The maximum absolute atomic E-state index is 5.89. The van der Waals surface area contributed by atoms with Crippen LogP contribution in [0.1, 0.15) is 34.1 Å². The molecule has 1 aromatic heterocycles. The molecule has 0 spiro atoms. The lowest BCUT2D eigenvalue weighted by Gasteiger charge is -2.37. The maximum atomic E-state index is 5.89. The van der Waals surface area contributed by atoms with Gasteiger partial charge in [-0.1, -0.05) is 60.7 Å². The van der Waals surface area contributed by atoms with E-state index < -0.39 is 0 Å². The largest absolute Gasteiger partial charge is 0.493 e. The molecule has 4 aromatic rings. The highest BCUT2D eigenvalue weighted by atomic mass is 32.1. The third-order valence-corrected chi connectivity index (χ3v) is 7.13. The highest BCUT2D eigenvalue weighted by Crippen LogP contribution is 2.41. The first-order chi connectivity index (χ1) is 17.1. The van der Waals surface area contributed by atoms with E-state index in [0.29, 0.717) is 13.2 Å². The van der Waals surface area contributed by atoms with Crippen LogP contribution in [0.25, 0.3) is 0 Å². The molecule has 0 N–H and O–H groups in total. The van der Waals surface area contributed by atoms with Crippen LogP contribution < -0.4 is 9.47 Å². The van der Waals surface area contributed by atoms with Gasteiger partial charge in [-0.25, -0.2) is 4.68 Å². The van der Waals surface area contributed by atoms with E-state index in [1.54, 1.807) is 14.2 Å². The minimum absolute atomic E-state index is 0.0567. The van der Waals surface area contributed by atoms with Crippen LogP contribution in [-0.2, 0) is 19.6 Å². The zero-order valence-corrected chi connectivity index (χ0v) is 21.2. The summed E-state index contributed by atoms with van der Waals surface area (Å²) in [5.41, 5.74) is 4.95. The smallest absolute Gasteiger partial charge is 0.199 e. The summed E-state index contributed by atoms with van der Waals surface area (Å²) in [6.07, 6.45) is 0.913. The molecule has 7 heteroatoms. The molecule has 0 fully saturated rings. The normalized spacial score (nSPS) is 15.6. The number of methoxy groups -OCH3 is 2. The molecule has 0 amide bonds. The molecule has 0 bridgehead atoms. The van der Waals surface area contributed by atoms with Crippen LogP contribution in [0.2, 0.25) is 0 Å². The van der Waals surface area contributed by atoms with Gasteiger partial charge in [0.05, 0.1) is 33.5 Å². The first-order valence-corrected chi connectivity index (χ1v) is 12.2. The van der Waals surface area contributed by atoms with Crippen LogP contribution in [0.3, 0.4) is 0 Å². The molecule has 35 heavy (non-hydrogen) atoms. The lowest BCUT2D eigenvalue weighted by Crippen LogP contribution is -2.37. The van der Waals surface area contributed by atoms with E-state index in [0.717, 1.165) is 35.1 Å². The average Bonchev–Trinajstić information content (AvgIpc) is 3.16. The third-order valence-electron chi connectivity index (χ3n) is 6.70. The molecular weight excluding hydrogens is 456 g/mol. The topological polar surface area (TPSA) is 44.5 Å². The number of ether oxygens (including phenoxy) is 2. The van der Waals surface area contributed by atoms with Gasteiger partial charge in [-0.2, -0.15) is 5.10 Å². The van der Waals surface area contributed by atoms with Crippen molar-refractivity contribution in [3.8, 4) is 11.5 Å². The Morgan fingerprint density at radius 1 is 0.943 bits per heavy atom. The zero-order chi connectivity index (χ0) is 24.4. The predicted octanol–water partition coefficient (Wildman–Crippen LogP) is 5.39. The summed E-state index contributed by atoms with van der Waals surface area (Å²) in [5, 5.41) is 4.83. The van der Waals surface area contributed by atoms with E-state index in [4.69, 9.17) is 26.8 Å². The summed E-state index contributed by atoms with van der Waals surface area (Å²) in [7, 11) is 3.37. The van der Waals surface area contributed by atoms with Crippen LogP contribution in [0, 0.1) is 11.7 Å². The zero-order valence-electron chi connectivity index (χ0n) is 20.3. The van der Waals surface area contributed by atoms with Crippen molar-refractivity contribution < 1.29 is 9.47 Å². The van der Waals surface area contributed by atoms with Gasteiger partial charge in [0.15, 0.2) is 16.3 Å². The van der Waals surface area contributed by atoms with Crippen LogP contribution in [0.4, 0.5) is 0 Å². The molecule has 0 saturated carbocycles. The summed E-state index contributed by atoms with van der Waals surface area (Å²) in [5.74, 6) is 2.43. The van der Waals surface area contributed by atoms with Gasteiger partial charge in [-0.3, -0.25) is 9.47 Å². The quantitative estimate of drug-likeness (QED) is 0.328. The number of hydrogen-bond donors (Lipinski definition) is 0. The highest BCUT2D eigenvalue weighted by Gasteiger charge is 2.31. The molecule has 1 aliphatic rings. The van der Waals surface area contributed by atoms with Gasteiger partial charge in [-0.05, 0) is 59.9 Å². The van der Waals surface area contributed by atoms with Crippen LogP contribution >= 0.6 is 12.2 Å². The van der Waals surface area contributed by atoms with E-state index in [-0.39, 0.29) is 6.04 Å². The first kappa shape index (κ1) is 23.3. The van der Waals surface area contributed by atoms with Gasteiger partial charge in [0.2, 0.25) is 0 Å². The third kappa shape index (κ3) is 4.61. The van der Waals surface area contributed by atoms with Crippen molar-refractivity contribution >= 4 is 12.2 Å². The second-order valence-corrected chi connectivity index (χ2v) is 9.19. The van der Waals surface area contributed by atoms with Gasteiger partial charge < -0.3 is 9.47 Å². The lowest BCUT2D eigenvalue weighted by atomic mass is 9.88. The Morgan fingerprint density at radius 3 is 2.29 bits per heavy atom. The van der Waals surface area contributed by atoms with E-state index in [2.05, 4.69) is 76.2 Å². The average molecular weight is 487 g/mol. The number of hydrogen-bond acceptors (Lipinski definition) is 5. The fourth-order valence-corrected chi connectivity index (χ4v) is 5.23. The Balaban J connectivity index is 1.52.